The van der Waals surface area contributed by atoms with E-state index in [2.05, 4.69) is 0 Å². The predicted octanol–water partition coefficient (Wildman–Crippen LogP) is 1.64. The summed E-state index contributed by atoms with van der Waals surface area (Å²) in [6, 6.07) is 0. The third kappa shape index (κ3) is 4.99. The number of likely N-dealkylation sites (tertiary alicyclic amines) is 1. The Morgan fingerprint density at radius 2 is 1.90 bits per heavy atom. The highest BCUT2D eigenvalue weighted by Crippen LogP contribution is 2.22. The highest BCUT2D eigenvalue weighted by Gasteiger charge is 2.32. The molecule has 2 atom stereocenters. The zero-order valence-electron chi connectivity index (χ0n) is 13.9. The summed E-state index contributed by atoms with van der Waals surface area (Å²) in [5.41, 5.74) is -0.951. The van der Waals surface area contributed by atoms with Crippen LogP contribution in [0.5, 0.6) is 0 Å². The maximum atomic E-state index is 12.4. The summed E-state index contributed by atoms with van der Waals surface area (Å²) < 4.78 is 0. The molecule has 1 fully saturated rings. The molecule has 1 heterocycles. The number of aliphatic hydroxyl groups is 1. The van der Waals surface area contributed by atoms with E-state index < -0.39 is 5.60 Å². The summed E-state index contributed by atoms with van der Waals surface area (Å²) in [4.78, 5) is 28.3. The van der Waals surface area contributed by atoms with Gasteiger partial charge in [0.1, 0.15) is 0 Å². The molecule has 122 valence electrons. The lowest BCUT2D eigenvalue weighted by atomic mass is 9.94. The molecule has 2 unspecified atom stereocenters. The zero-order chi connectivity index (χ0) is 16.0. The predicted molar refractivity (Wildman–Crippen MR) is 82.8 cm³/mol. The van der Waals surface area contributed by atoms with E-state index in [0.717, 1.165) is 12.8 Å². The van der Waals surface area contributed by atoms with Crippen LogP contribution < -0.4 is 0 Å². The SMILES string of the molecule is CCN(CC)C(=O)C1CCCN(C(=O)CC(C)(O)CC)C1. The van der Waals surface area contributed by atoms with Gasteiger partial charge in [0.15, 0.2) is 0 Å². The maximum absolute atomic E-state index is 12.4. The van der Waals surface area contributed by atoms with Gasteiger partial charge in [-0.1, -0.05) is 6.92 Å². The summed E-state index contributed by atoms with van der Waals surface area (Å²) in [6.07, 6.45) is 2.39. The first kappa shape index (κ1) is 18.0. The minimum Gasteiger partial charge on any atom is -0.390 e. The van der Waals surface area contributed by atoms with E-state index >= 15 is 0 Å². The molecule has 1 aliphatic heterocycles. The van der Waals surface area contributed by atoms with Gasteiger partial charge >= 0.3 is 0 Å². The van der Waals surface area contributed by atoms with Crippen molar-refractivity contribution in [1.29, 1.82) is 0 Å². The van der Waals surface area contributed by atoms with Crippen molar-refractivity contribution in [3.8, 4) is 0 Å². The van der Waals surface area contributed by atoms with Gasteiger partial charge in [-0.05, 0) is 40.0 Å². The van der Waals surface area contributed by atoms with Crippen LogP contribution in [-0.4, -0.2) is 58.5 Å². The number of carbonyl (C=O) groups is 2. The number of hydrogen-bond acceptors (Lipinski definition) is 3. The molecule has 0 saturated carbocycles. The van der Waals surface area contributed by atoms with Crippen LogP contribution in [0.25, 0.3) is 0 Å². The summed E-state index contributed by atoms with van der Waals surface area (Å²) in [6.45, 7) is 10.1. The van der Waals surface area contributed by atoms with Gasteiger partial charge in [0.2, 0.25) is 11.8 Å². The Morgan fingerprint density at radius 1 is 1.29 bits per heavy atom. The minimum absolute atomic E-state index is 0.0427. The van der Waals surface area contributed by atoms with E-state index in [-0.39, 0.29) is 24.2 Å². The van der Waals surface area contributed by atoms with Crippen molar-refractivity contribution in [2.45, 2.75) is 59.0 Å². The first-order valence-electron chi connectivity index (χ1n) is 8.13. The minimum atomic E-state index is -0.951. The maximum Gasteiger partial charge on any atom is 0.227 e. The van der Waals surface area contributed by atoms with E-state index in [1.54, 1.807) is 11.8 Å². The average Bonchev–Trinajstić information content (AvgIpc) is 2.48. The molecule has 0 radical (unpaired) electrons. The Balaban J connectivity index is 2.63. The first-order chi connectivity index (χ1) is 9.84. The largest absolute Gasteiger partial charge is 0.390 e. The zero-order valence-corrected chi connectivity index (χ0v) is 13.9. The fraction of sp³-hybridized carbons (Fsp3) is 0.875. The highest BCUT2D eigenvalue weighted by molar-refractivity contribution is 5.81. The van der Waals surface area contributed by atoms with Gasteiger partial charge in [0.25, 0.3) is 0 Å². The van der Waals surface area contributed by atoms with Gasteiger partial charge in [-0.2, -0.15) is 0 Å². The van der Waals surface area contributed by atoms with Crippen molar-refractivity contribution >= 4 is 11.8 Å². The van der Waals surface area contributed by atoms with Gasteiger partial charge in [0, 0.05) is 26.2 Å². The number of nitrogens with zero attached hydrogens (tertiary/aromatic N) is 2. The second-order valence-corrected chi connectivity index (χ2v) is 6.22. The molecule has 1 N–H and O–H groups in total. The molecule has 5 nitrogen and oxygen atoms in total. The van der Waals surface area contributed by atoms with Crippen LogP contribution in [0.15, 0.2) is 0 Å². The lowest BCUT2D eigenvalue weighted by Gasteiger charge is -2.35. The van der Waals surface area contributed by atoms with Crippen molar-refractivity contribution in [1.82, 2.24) is 9.80 Å². The van der Waals surface area contributed by atoms with Crippen LogP contribution in [0.1, 0.15) is 53.4 Å². The summed E-state index contributed by atoms with van der Waals surface area (Å²) >= 11 is 0. The van der Waals surface area contributed by atoms with Crippen LogP contribution in [0, 0.1) is 5.92 Å². The van der Waals surface area contributed by atoms with Gasteiger partial charge in [-0.25, -0.2) is 0 Å². The van der Waals surface area contributed by atoms with Crippen LogP contribution in [0.2, 0.25) is 0 Å². The number of rotatable bonds is 6. The Labute approximate surface area is 128 Å². The van der Waals surface area contributed by atoms with E-state index in [1.165, 1.54) is 0 Å². The highest BCUT2D eigenvalue weighted by atomic mass is 16.3. The van der Waals surface area contributed by atoms with Crippen molar-refractivity contribution in [2.75, 3.05) is 26.2 Å². The first-order valence-corrected chi connectivity index (χ1v) is 8.13. The summed E-state index contributed by atoms with van der Waals surface area (Å²) in [5.74, 6) is 0.0211. The fourth-order valence-electron chi connectivity index (χ4n) is 2.76. The number of amides is 2. The monoisotopic (exact) mass is 298 g/mol. The van der Waals surface area contributed by atoms with Crippen LogP contribution in [0.3, 0.4) is 0 Å². The standard InChI is InChI=1S/C16H30N2O3/c1-5-16(4,21)11-14(19)18-10-8-9-13(12-18)15(20)17(6-2)7-3/h13,21H,5-12H2,1-4H3. The van der Waals surface area contributed by atoms with Crippen LogP contribution in [-0.2, 0) is 9.59 Å². The molecule has 5 heteroatoms. The van der Waals surface area contributed by atoms with Gasteiger partial charge < -0.3 is 14.9 Å². The molecule has 1 rings (SSSR count). The van der Waals surface area contributed by atoms with E-state index in [9.17, 15) is 14.7 Å². The lowest BCUT2D eigenvalue weighted by Crippen LogP contribution is -2.48. The Hall–Kier alpha value is -1.10. The molecule has 0 spiro atoms. The molecule has 0 aromatic carbocycles. The number of carbonyl (C=O) groups excluding carboxylic acids is 2. The Kier molecular flexibility index (Phi) is 6.65. The number of piperidine rings is 1. The molecule has 0 bridgehead atoms. The van der Waals surface area contributed by atoms with E-state index in [0.29, 0.717) is 32.6 Å². The van der Waals surface area contributed by atoms with Crippen molar-refractivity contribution in [3.63, 3.8) is 0 Å². The van der Waals surface area contributed by atoms with Gasteiger partial charge in [-0.3, -0.25) is 9.59 Å². The van der Waals surface area contributed by atoms with Crippen molar-refractivity contribution in [2.24, 2.45) is 5.92 Å². The van der Waals surface area contributed by atoms with Crippen molar-refractivity contribution < 1.29 is 14.7 Å². The van der Waals surface area contributed by atoms with E-state index in [4.69, 9.17) is 0 Å². The van der Waals surface area contributed by atoms with Crippen molar-refractivity contribution in [3.05, 3.63) is 0 Å². The van der Waals surface area contributed by atoms with Crippen LogP contribution in [0.4, 0.5) is 0 Å². The Morgan fingerprint density at radius 3 is 2.43 bits per heavy atom. The quantitative estimate of drug-likeness (QED) is 0.811. The van der Waals surface area contributed by atoms with E-state index in [1.807, 2.05) is 25.7 Å². The third-order valence-electron chi connectivity index (χ3n) is 4.49. The topological polar surface area (TPSA) is 60.9 Å². The third-order valence-corrected chi connectivity index (χ3v) is 4.49. The van der Waals surface area contributed by atoms with Gasteiger partial charge in [0.05, 0.1) is 17.9 Å². The molecule has 21 heavy (non-hydrogen) atoms. The second-order valence-electron chi connectivity index (χ2n) is 6.22. The normalized spacial score (nSPS) is 21.8. The van der Waals surface area contributed by atoms with Crippen LogP contribution >= 0.6 is 0 Å². The molecular weight excluding hydrogens is 268 g/mol. The number of hydrogen-bond donors (Lipinski definition) is 1. The molecule has 0 aromatic heterocycles. The molecule has 0 aromatic rings. The fourth-order valence-corrected chi connectivity index (χ4v) is 2.76. The molecule has 1 aliphatic rings. The molecule has 0 aliphatic carbocycles. The summed E-state index contributed by atoms with van der Waals surface area (Å²) in [5, 5.41) is 10.0. The second kappa shape index (κ2) is 7.78. The smallest absolute Gasteiger partial charge is 0.227 e. The van der Waals surface area contributed by atoms with Gasteiger partial charge in [-0.15, -0.1) is 0 Å². The molecular formula is C16H30N2O3. The average molecular weight is 298 g/mol. The lowest BCUT2D eigenvalue weighted by molar-refractivity contribution is -0.142. The molecule has 1 saturated heterocycles. The summed E-state index contributed by atoms with van der Waals surface area (Å²) in [7, 11) is 0. The Bertz CT molecular complexity index is 365. The molecule has 2 amide bonds.